The van der Waals surface area contributed by atoms with Gasteiger partial charge in [-0.2, -0.15) is 0 Å². The molecule has 1 aromatic carbocycles. The number of likely N-dealkylation sites (N-methyl/N-ethyl adjacent to an activating group) is 1. The third kappa shape index (κ3) is 4.03. The molecule has 0 aliphatic carbocycles. The molecule has 1 aliphatic rings. The zero-order chi connectivity index (χ0) is 13.8. The Kier molecular flexibility index (Phi) is 4.96. The molecule has 1 aromatic rings. The summed E-state index contributed by atoms with van der Waals surface area (Å²) in [6.45, 7) is 7.20. The Morgan fingerprint density at radius 2 is 1.95 bits per heavy atom. The molecule has 1 fully saturated rings. The molecule has 1 atom stereocenters. The topological polar surface area (TPSA) is 49.6 Å². The highest BCUT2D eigenvalue weighted by molar-refractivity contribution is 7.85. The first kappa shape index (κ1) is 14.5. The van der Waals surface area contributed by atoms with Gasteiger partial charge in [-0.05, 0) is 31.7 Å². The number of piperazine rings is 1. The van der Waals surface area contributed by atoms with Crippen molar-refractivity contribution in [1.29, 1.82) is 0 Å². The van der Waals surface area contributed by atoms with Crippen LogP contribution >= 0.6 is 0 Å². The Morgan fingerprint density at radius 1 is 1.26 bits per heavy atom. The first-order valence-corrected chi connectivity index (χ1v) is 8.03. The van der Waals surface area contributed by atoms with Crippen LogP contribution in [0.4, 0.5) is 5.69 Å². The van der Waals surface area contributed by atoms with Crippen LogP contribution < -0.4 is 5.73 Å². The molecule has 19 heavy (non-hydrogen) atoms. The van der Waals surface area contributed by atoms with E-state index in [0.717, 1.165) is 43.2 Å². The average molecular weight is 281 g/mol. The Labute approximate surface area is 118 Å². The van der Waals surface area contributed by atoms with Crippen LogP contribution in [0.25, 0.3) is 0 Å². The lowest BCUT2D eigenvalue weighted by molar-refractivity contribution is 0.161. The fourth-order valence-corrected chi connectivity index (χ4v) is 3.45. The van der Waals surface area contributed by atoms with Gasteiger partial charge in [0.15, 0.2) is 0 Å². The van der Waals surface area contributed by atoms with Crippen molar-refractivity contribution in [1.82, 2.24) is 9.80 Å². The summed E-state index contributed by atoms with van der Waals surface area (Å²) in [5.74, 6) is 0.664. The van der Waals surface area contributed by atoms with E-state index in [0.29, 0.717) is 11.4 Å². The predicted molar refractivity (Wildman–Crippen MR) is 80.8 cm³/mol. The van der Waals surface area contributed by atoms with Crippen molar-refractivity contribution in [3.8, 4) is 0 Å². The molecule has 5 heteroatoms. The number of nitrogen functional groups attached to an aromatic ring is 1. The summed E-state index contributed by atoms with van der Waals surface area (Å²) < 4.78 is 12.3. The van der Waals surface area contributed by atoms with Gasteiger partial charge in [0.2, 0.25) is 0 Å². The largest absolute Gasteiger partial charge is 0.398 e. The predicted octanol–water partition coefficient (Wildman–Crippen LogP) is 0.932. The van der Waals surface area contributed by atoms with E-state index in [1.54, 1.807) is 0 Å². The summed E-state index contributed by atoms with van der Waals surface area (Å²) in [5.41, 5.74) is 7.69. The number of rotatable bonds is 4. The lowest BCUT2D eigenvalue weighted by atomic mass is 10.2. The minimum atomic E-state index is -0.994. The van der Waals surface area contributed by atoms with Crippen molar-refractivity contribution in [2.24, 2.45) is 0 Å². The van der Waals surface area contributed by atoms with Crippen LogP contribution in [0.1, 0.15) is 5.56 Å². The van der Waals surface area contributed by atoms with E-state index >= 15 is 0 Å². The van der Waals surface area contributed by atoms with E-state index in [4.69, 9.17) is 5.73 Å². The molecule has 106 valence electrons. The first-order valence-electron chi connectivity index (χ1n) is 6.71. The summed E-state index contributed by atoms with van der Waals surface area (Å²) in [6.07, 6.45) is 0. The van der Waals surface area contributed by atoms with Gasteiger partial charge in [0.25, 0.3) is 0 Å². The second-order valence-corrected chi connectivity index (χ2v) is 6.77. The van der Waals surface area contributed by atoms with E-state index in [9.17, 15) is 4.21 Å². The van der Waals surface area contributed by atoms with E-state index < -0.39 is 10.8 Å². The van der Waals surface area contributed by atoms with E-state index in [1.807, 2.05) is 25.1 Å². The molecule has 0 spiro atoms. The van der Waals surface area contributed by atoms with Crippen LogP contribution in [-0.2, 0) is 10.8 Å². The molecule has 0 bridgehead atoms. The van der Waals surface area contributed by atoms with Gasteiger partial charge in [0.1, 0.15) is 0 Å². The fraction of sp³-hybridized carbons (Fsp3) is 0.571. The summed E-state index contributed by atoms with van der Waals surface area (Å²) in [7, 11) is 1.15. The number of nitrogens with two attached hydrogens (primary N) is 1. The van der Waals surface area contributed by atoms with Gasteiger partial charge in [-0.15, -0.1) is 0 Å². The van der Waals surface area contributed by atoms with Gasteiger partial charge in [-0.1, -0.05) is 6.07 Å². The second-order valence-electron chi connectivity index (χ2n) is 5.24. The number of nitrogens with zero attached hydrogens (tertiary/aromatic N) is 2. The molecule has 2 N–H and O–H groups in total. The normalized spacial score (nSPS) is 19.5. The van der Waals surface area contributed by atoms with Crippen LogP contribution in [-0.4, -0.2) is 59.5 Å². The van der Waals surface area contributed by atoms with Crippen molar-refractivity contribution < 1.29 is 4.21 Å². The van der Waals surface area contributed by atoms with Crippen molar-refractivity contribution in [3.05, 3.63) is 23.8 Å². The Morgan fingerprint density at radius 3 is 2.58 bits per heavy atom. The Balaban J connectivity index is 1.87. The van der Waals surface area contributed by atoms with Crippen LogP contribution in [0.3, 0.4) is 0 Å². The highest BCUT2D eigenvalue weighted by atomic mass is 32.2. The number of anilines is 1. The molecular formula is C14H23N3OS. The third-order valence-electron chi connectivity index (χ3n) is 3.60. The van der Waals surface area contributed by atoms with E-state index in [-0.39, 0.29) is 0 Å². The summed E-state index contributed by atoms with van der Waals surface area (Å²) in [6, 6.07) is 5.76. The Hall–Kier alpha value is -0.910. The number of benzene rings is 1. The number of hydrogen-bond donors (Lipinski definition) is 1. The SMILES string of the molecule is Cc1ccc(S(=O)CCN2CCN(C)CC2)c(N)c1. The maximum Gasteiger partial charge on any atom is 0.0618 e. The third-order valence-corrected chi connectivity index (χ3v) is 5.02. The standard InChI is InChI=1S/C14H23N3OS/c1-12-3-4-14(13(15)11-12)19(18)10-9-17-7-5-16(2)6-8-17/h3-4,11H,5-10,15H2,1-2H3. The maximum atomic E-state index is 12.3. The van der Waals surface area contributed by atoms with E-state index in [1.165, 1.54) is 0 Å². The lowest BCUT2D eigenvalue weighted by Gasteiger charge is -2.32. The molecule has 1 aliphatic heterocycles. The van der Waals surface area contributed by atoms with Gasteiger partial charge in [0, 0.05) is 44.2 Å². The molecule has 4 nitrogen and oxygen atoms in total. The van der Waals surface area contributed by atoms with Crippen LogP contribution in [0.15, 0.2) is 23.1 Å². The summed E-state index contributed by atoms with van der Waals surface area (Å²) >= 11 is 0. The Bertz CT molecular complexity index is 456. The van der Waals surface area contributed by atoms with Crippen LogP contribution in [0.5, 0.6) is 0 Å². The van der Waals surface area contributed by atoms with Crippen LogP contribution in [0.2, 0.25) is 0 Å². The highest BCUT2D eigenvalue weighted by Gasteiger charge is 2.15. The van der Waals surface area contributed by atoms with Crippen molar-refractivity contribution >= 4 is 16.5 Å². The minimum absolute atomic E-state index is 0.650. The molecular weight excluding hydrogens is 258 g/mol. The van der Waals surface area contributed by atoms with Gasteiger partial charge < -0.3 is 10.6 Å². The number of hydrogen-bond acceptors (Lipinski definition) is 4. The molecule has 2 rings (SSSR count). The molecule has 1 unspecified atom stereocenters. The molecule has 0 amide bonds. The molecule has 1 saturated heterocycles. The number of aryl methyl sites for hydroxylation is 1. The highest BCUT2D eigenvalue weighted by Crippen LogP contribution is 2.18. The lowest BCUT2D eigenvalue weighted by Crippen LogP contribution is -2.45. The maximum absolute atomic E-state index is 12.3. The molecule has 0 radical (unpaired) electrons. The van der Waals surface area contributed by atoms with Gasteiger partial charge in [-0.3, -0.25) is 9.11 Å². The van der Waals surface area contributed by atoms with Gasteiger partial charge in [0.05, 0.1) is 15.7 Å². The van der Waals surface area contributed by atoms with Crippen LogP contribution in [0, 0.1) is 6.92 Å². The minimum Gasteiger partial charge on any atom is -0.398 e. The molecule has 0 aromatic heterocycles. The molecule has 1 heterocycles. The monoisotopic (exact) mass is 281 g/mol. The smallest absolute Gasteiger partial charge is 0.0618 e. The average Bonchev–Trinajstić information content (AvgIpc) is 2.37. The summed E-state index contributed by atoms with van der Waals surface area (Å²) in [4.78, 5) is 5.48. The zero-order valence-electron chi connectivity index (χ0n) is 11.8. The second kappa shape index (κ2) is 6.50. The van der Waals surface area contributed by atoms with Gasteiger partial charge >= 0.3 is 0 Å². The van der Waals surface area contributed by atoms with Gasteiger partial charge in [-0.25, -0.2) is 0 Å². The van der Waals surface area contributed by atoms with Crippen molar-refractivity contribution in [2.75, 3.05) is 51.3 Å². The van der Waals surface area contributed by atoms with E-state index in [2.05, 4.69) is 16.8 Å². The first-order chi connectivity index (χ1) is 9.06. The molecule has 0 saturated carbocycles. The van der Waals surface area contributed by atoms with Crippen molar-refractivity contribution in [2.45, 2.75) is 11.8 Å². The summed E-state index contributed by atoms with van der Waals surface area (Å²) in [5, 5.41) is 0. The zero-order valence-corrected chi connectivity index (χ0v) is 12.6. The fourth-order valence-electron chi connectivity index (χ4n) is 2.27. The van der Waals surface area contributed by atoms with Crippen molar-refractivity contribution in [3.63, 3.8) is 0 Å². The quantitative estimate of drug-likeness (QED) is 0.834.